The van der Waals surface area contributed by atoms with Crippen LogP contribution in [0.3, 0.4) is 0 Å². The molecule has 4 nitrogen and oxygen atoms in total. The molecule has 0 amide bonds. The van der Waals surface area contributed by atoms with E-state index in [-0.39, 0.29) is 6.04 Å². The number of hydrogen-bond donors (Lipinski definition) is 1. The first-order valence-corrected chi connectivity index (χ1v) is 9.44. The lowest BCUT2D eigenvalue weighted by Crippen LogP contribution is -2.47. The summed E-state index contributed by atoms with van der Waals surface area (Å²) in [5.74, 6) is -0.453. The second kappa shape index (κ2) is 6.86. The molecular formula is C16H27FN2O2S. The fraction of sp³-hybridized carbons (Fsp3) is 0.625. The Morgan fingerprint density at radius 1 is 1.32 bits per heavy atom. The third-order valence-electron chi connectivity index (χ3n) is 3.94. The molecule has 1 rings (SSSR count). The van der Waals surface area contributed by atoms with Crippen LogP contribution in [0.5, 0.6) is 0 Å². The largest absolute Gasteiger partial charge is 0.381 e. The van der Waals surface area contributed by atoms with E-state index in [1.807, 2.05) is 34.6 Å². The molecule has 0 aromatic heterocycles. The number of benzene rings is 1. The maximum Gasteiger partial charge on any atom is 0.232 e. The molecule has 126 valence electrons. The van der Waals surface area contributed by atoms with Crippen molar-refractivity contribution in [2.75, 3.05) is 15.9 Å². The Bertz CT molecular complexity index is 615. The van der Waals surface area contributed by atoms with Gasteiger partial charge in [-0.25, -0.2) is 12.8 Å². The van der Waals surface area contributed by atoms with Crippen molar-refractivity contribution in [3.05, 3.63) is 24.0 Å². The van der Waals surface area contributed by atoms with Crippen molar-refractivity contribution < 1.29 is 12.8 Å². The lowest BCUT2D eigenvalue weighted by atomic mass is 10.0. The van der Waals surface area contributed by atoms with Gasteiger partial charge in [-0.15, -0.1) is 0 Å². The maximum absolute atomic E-state index is 13.8. The molecule has 1 N–H and O–H groups in total. The molecule has 1 atom stereocenters. The number of halogens is 1. The van der Waals surface area contributed by atoms with Gasteiger partial charge in [0, 0.05) is 12.1 Å². The number of nitrogens with one attached hydrogen (secondary N) is 1. The quantitative estimate of drug-likeness (QED) is 0.822. The highest BCUT2D eigenvalue weighted by atomic mass is 32.2. The number of sulfonamides is 1. The van der Waals surface area contributed by atoms with Gasteiger partial charge >= 0.3 is 0 Å². The Morgan fingerprint density at radius 2 is 1.91 bits per heavy atom. The van der Waals surface area contributed by atoms with E-state index < -0.39 is 21.4 Å². The van der Waals surface area contributed by atoms with Gasteiger partial charge in [0.05, 0.1) is 23.2 Å². The van der Waals surface area contributed by atoms with Crippen LogP contribution < -0.4 is 9.62 Å². The molecule has 1 aromatic rings. The van der Waals surface area contributed by atoms with Gasteiger partial charge < -0.3 is 5.32 Å². The topological polar surface area (TPSA) is 49.4 Å². The standard InChI is InChI=1S/C16H27FN2O2S/c1-7-12(3)18-14-10-9-13(17)11-15(14)19(22(6,20)21)16(4,5)8-2/h9-12,18H,7-8H2,1-6H3. The van der Waals surface area contributed by atoms with Gasteiger partial charge in [-0.1, -0.05) is 13.8 Å². The summed E-state index contributed by atoms with van der Waals surface area (Å²) in [6.45, 7) is 9.63. The molecule has 1 aromatic carbocycles. The normalized spacial score (nSPS) is 13.8. The summed E-state index contributed by atoms with van der Waals surface area (Å²) < 4.78 is 39.7. The first-order chi connectivity index (χ1) is 10.0. The maximum atomic E-state index is 13.8. The molecule has 0 aliphatic carbocycles. The average molecular weight is 330 g/mol. The van der Waals surface area contributed by atoms with E-state index in [2.05, 4.69) is 5.32 Å². The highest BCUT2D eigenvalue weighted by Crippen LogP contribution is 2.36. The van der Waals surface area contributed by atoms with Crippen LogP contribution in [-0.4, -0.2) is 26.3 Å². The van der Waals surface area contributed by atoms with Crippen LogP contribution in [0.25, 0.3) is 0 Å². The van der Waals surface area contributed by atoms with Gasteiger partial charge in [-0.05, 0) is 45.7 Å². The highest BCUT2D eigenvalue weighted by Gasteiger charge is 2.34. The summed E-state index contributed by atoms with van der Waals surface area (Å²) in [5.41, 5.74) is 0.338. The third kappa shape index (κ3) is 4.35. The summed E-state index contributed by atoms with van der Waals surface area (Å²) in [4.78, 5) is 0. The molecule has 6 heteroatoms. The van der Waals surface area contributed by atoms with Crippen molar-refractivity contribution in [2.45, 2.75) is 59.0 Å². The Morgan fingerprint density at radius 3 is 2.36 bits per heavy atom. The van der Waals surface area contributed by atoms with Gasteiger partial charge in [-0.3, -0.25) is 4.31 Å². The second-order valence-corrected chi connectivity index (χ2v) is 8.14. The zero-order chi connectivity index (χ0) is 17.1. The third-order valence-corrected chi connectivity index (χ3v) is 5.29. The summed E-state index contributed by atoms with van der Waals surface area (Å²) in [7, 11) is -3.54. The van der Waals surface area contributed by atoms with Crippen LogP contribution in [0.15, 0.2) is 18.2 Å². The molecule has 0 fully saturated rings. The van der Waals surface area contributed by atoms with E-state index in [4.69, 9.17) is 0 Å². The van der Waals surface area contributed by atoms with Crippen molar-refractivity contribution in [2.24, 2.45) is 0 Å². The first kappa shape index (κ1) is 18.7. The molecule has 0 spiro atoms. The Labute approximate surface area is 133 Å². The fourth-order valence-corrected chi connectivity index (χ4v) is 3.79. The van der Waals surface area contributed by atoms with E-state index >= 15 is 0 Å². The second-order valence-electron chi connectivity index (χ2n) is 6.31. The number of nitrogens with zero attached hydrogens (tertiary/aromatic N) is 1. The van der Waals surface area contributed by atoms with Crippen molar-refractivity contribution in [3.63, 3.8) is 0 Å². The molecule has 0 aliphatic heterocycles. The van der Waals surface area contributed by atoms with Crippen LogP contribution in [0, 0.1) is 5.82 Å². The molecular weight excluding hydrogens is 303 g/mol. The van der Waals surface area contributed by atoms with Crippen LogP contribution in [0.2, 0.25) is 0 Å². The lowest BCUT2D eigenvalue weighted by Gasteiger charge is -2.39. The van der Waals surface area contributed by atoms with Crippen LogP contribution in [0.1, 0.15) is 47.5 Å². The number of hydrogen-bond acceptors (Lipinski definition) is 3. The van der Waals surface area contributed by atoms with Gasteiger partial charge in [-0.2, -0.15) is 0 Å². The Balaban J connectivity index is 3.51. The van der Waals surface area contributed by atoms with Gasteiger partial charge in [0.2, 0.25) is 10.0 Å². The van der Waals surface area contributed by atoms with Crippen molar-refractivity contribution in [1.82, 2.24) is 0 Å². The molecule has 0 saturated heterocycles. The van der Waals surface area contributed by atoms with Crippen molar-refractivity contribution in [3.8, 4) is 0 Å². The fourth-order valence-electron chi connectivity index (χ4n) is 2.26. The van der Waals surface area contributed by atoms with E-state index in [0.29, 0.717) is 17.8 Å². The summed E-state index contributed by atoms with van der Waals surface area (Å²) in [5, 5.41) is 3.26. The molecule has 0 radical (unpaired) electrons. The Hall–Kier alpha value is -1.30. The minimum Gasteiger partial charge on any atom is -0.381 e. The summed E-state index contributed by atoms with van der Waals surface area (Å²) in [6, 6.07) is 4.38. The zero-order valence-electron chi connectivity index (χ0n) is 14.3. The first-order valence-electron chi connectivity index (χ1n) is 7.59. The molecule has 1 unspecified atom stereocenters. The smallest absolute Gasteiger partial charge is 0.232 e. The Kier molecular flexibility index (Phi) is 5.84. The summed E-state index contributed by atoms with van der Waals surface area (Å²) in [6.07, 6.45) is 2.65. The van der Waals surface area contributed by atoms with Gasteiger partial charge in [0.25, 0.3) is 0 Å². The van der Waals surface area contributed by atoms with Crippen LogP contribution in [-0.2, 0) is 10.0 Å². The van der Waals surface area contributed by atoms with Crippen LogP contribution in [0.4, 0.5) is 15.8 Å². The van der Waals surface area contributed by atoms with Crippen molar-refractivity contribution >= 4 is 21.4 Å². The minimum atomic E-state index is -3.54. The van der Waals surface area contributed by atoms with Crippen LogP contribution >= 0.6 is 0 Å². The predicted molar refractivity (Wildman–Crippen MR) is 91.5 cm³/mol. The van der Waals surface area contributed by atoms with E-state index in [9.17, 15) is 12.8 Å². The van der Waals surface area contributed by atoms with Crippen molar-refractivity contribution in [1.29, 1.82) is 0 Å². The zero-order valence-corrected chi connectivity index (χ0v) is 15.1. The average Bonchev–Trinajstić information content (AvgIpc) is 2.39. The molecule has 0 saturated carbocycles. The highest BCUT2D eigenvalue weighted by molar-refractivity contribution is 7.92. The lowest BCUT2D eigenvalue weighted by molar-refractivity contribution is 0.487. The van der Waals surface area contributed by atoms with Gasteiger partial charge in [0.1, 0.15) is 5.82 Å². The SMILES string of the molecule is CCC(C)Nc1ccc(F)cc1N(C(C)(C)CC)S(C)(=O)=O. The molecule has 0 bridgehead atoms. The van der Waals surface area contributed by atoms with E-state index in [0.717, 1.165) is 12.7 Å². The molecule has 0 aliphatic rings. The van der Waals surface area contributed by atoms with E-state index in [1.165, 1.54) is 16.4 Å². The monoisotopic (exact) mass is 330 g/mol. The number of anilines is 2. The molecule has 22 heavy (non-hydrogen) atoms. The minimum absolute atomic E-state index is 0.162. The predicted octanol–water partition coefficient (Wildman–Crippen LogP) is 3.99. The summed E-state index contributed by atoms with van der Waals surface area (Å²) >= 11 is 0. The number of rotatable bonds is 7. The van der Waals surface area contributed by atoms with Gasteiger partial charge in [0.15, 0.2) is 0 Å². The molecule has 0 heterocycles. The van der Waals surface area contributed by atoms with E-state index in [1.54, 1.807) is 6.07 Å².